The number of carbonyl (C=O) groups is 1. The fourth-order valence-corrected chi connectivity index (χ4v) is 4.79. The van der Waals surface area contributed by atoms with Gasteiger partial charge in [-0.1, -0.05) is 59.7 Å². The molecule has 0 saturated carbocycles. The minimum Gasteiger partial charge on any atom is -0.403 e. The monoisotopic (exact) mass is 492 g/mol. The zero-order valence-electron chi connectivity index (χ0n) is 20.7. The first-order valence-corrected chi connectivity index (χ1v) is 12.5. The van der Waals surface area contributed by atoms with Gasteiger partial charge in [0.05, 0.1) is 5.71 Å². The quantitative estimate of drug-likeness (QED) is 0.452. The molecule has 8 nitrogen and oxygen atoms in total. The third-order valence-corrected chi connectivity index (χ3v) is 6.92. The van der Waals surface area contributed by atoms with Gasteiger partial charge in [-0.15, -0.1) is 5.10 Å². The molecular formula is C29H28N6O2. The maximum Gasteiger partial charge on any atom is 0.317 e. The number of likely N-dealkylation sites (N-methyl/N-ethyl adjacent to an activating group) is 1. The molecule has 1 fully saturated rings. The first-order valence-electron chi connectivity index (χ1n) is 12.5. The van der Waals surface area contributed by atoms with Crippen LogP contribution in [-0.4, -0.2) is 66.0 Å². The highest BCUT2D eigenvalue weighted by atomic mass is 16.4. The summed E-state index contributed by atoms with van der Waals surface area (Å²) in [5, 5.41) is 11.4. The molecule has 0 radical (unpaired) electrons. The summed E-state index contributed by atoms with van der Waals surface area (Å²) in [5.41, 5.74) is 5.62. The number of benzene rings is 3. The standard InChI is InChI=1S/C29H28N6O2/c1-34-15-17-35(18-16-34)23-13-11-21(12-14-23)28-32-33-29(37-28)31-27-25(36)19-22-9-5-6-10-24(22)26(30-27)20-7-3-2-4-8-20/h2-14,27H,15-19H2,1H3,(H,31,33). The van der Waals surface area contributed by atoms with E-state index in [4.69, 9.17) is 9.41 Å². The van der Waals surface area contributed by atoms with Crippen LogP contribution in [0, 0.1) is 0 Å². The van der Waals surface area contributed by atoms with Crippen molar-refractivity contribution in [1.29, 1.82) is 0 Å². The fraction of sp³-hybridized carbons (Fsp3) is 0.241. The second-order valence-corrected chi connectivity index (χ2v) is 9.44. The second kappa shape index (κ2) is 9.99. The van der Waals surface area contributed by atoms with Crippen molar-refractivity contribution in [3.63, 3.8) is 0 Å². The average Bonchev–Trinajstić information content (AvgIpc) is 3.35. The van der Waals surface area contributed by atoms with E-state index in [-0.39, 0.29) is 18.2 Å². The zero-order chi connectivity index (χ0) is 25.2. The largest absolute Gasteiger partial charge is 0.403 e. The van der Waals surface area contributed by atoms with Gasteiger partial charge in [-0.2, -0.15) is 0 Å². The van der Waals surface area contributed by atoms with E-state index in [0.29, 0.717) is 5.89 Å². The Morgan fingerprint density at radius 1 is 0.838 bits per heavy atom. The topological polar surface area (TPSA) is 86.9 Å². The lowest BCUT2D eigenvalue weighted by atomic mass is 9.96. The molecule has 1 aromatic heterocycles. The van der Waals surface area contributed by atoms with Crippen molar-refractivity contribution in [3.8, 4) is 11.5 Å². The number of ketones is 1. The zero-order valence-corrected chi connectivity index (χ0v) is 20.7. The number of aromatic nitrogens is 2. The van der Waals surface area contributed by atoms with Gasteiger partial charge in [-0.05, 0) is 36.9 Å². The number of hydrogen-bond donors (Lipinski definition) is 1. The first kappa shape index (κ1) is 23.1. The summed E-state index contributed by atoms with van der Waals surface area (Å²) < 4.78 is 5.90. The van der Waals surface area contributed by atoms with Gasteiger partial charge in [-0.3, -0.25) is 9.79 Å². The van der Waals surface area contributed by atoms with Crippen LogP contribution in [0.4, 0.5) is 11.7 Å². The first-order chi connectivity index (χ1) is 18.1. The molecule has 6 rings (SSSR count). The Hall–Kier alpha value is -4.30. The van der Waals surface area contributed by atoms with Crippen LogP contribution in [0.25, 0.3) is 11.5 Å². The molecule has 0 amide bonds. The molecule has 1 atom stereocenters. The Morgan fingerprint density at radius 3 is 2.35 bits per heavy atom. The fourth-order valence-electron chi connectivity index (χ4n) is 4.79. The summed E-state index contributed by atoms with van der Waals surface area (Å²) in [6, 6.07) is 26.1. The van der Waals surface area contributed by atoms with Crippen molar-refractivity contribution in [2.24, 2.45) is 4.99 Å². The number of aliphatic imine (C=N–C) groups is 1. The van der Waals surface area contributed by atoms with Crippen molar-refractivity contribution < 1.29 is 9.21 Å². The minimum absolute atomic E-state index is 0.0605. The van der Waals surface area contributed by atoms with E-state index in [2.05, 4.69) is 44.5 Å². The molecule has 8 heteroatoms. The van der Waals surface area contributed by atoms with Crippen molar-refractivity contribution in [1.82, 2.24) is 15.1 Å². The molecule has 1 saturated heterocycles. The van der Waals surface area contributed by atoms with E-state index in [1.807, 2.05) is 66.7 Å². The summed E-state index contributed by atoms with van der Waals surface area (Å²) in [6.07, 6.45) is -0.571. The molecule has 3 aromatic carbocycles. The Kier molecular flexibility index (Phi) is 6.24. The van der Waals surface area contributed by atoms with E-state index in [0.717, 1.165) is 54.1 Å². The molecule has 0 aliphatic carbocycles. The number of fused-ring (bicyclic) bond motifs is 1. The second-order valence-electron chi connectivity index (χ2n) is 9.44. The van der Waals surface area contributed by atoms with E-state index < -0.39 is 6.17 Å². The highest BCUT2D eigenvalue weighted by Gasteiger charge is 2.27. The molecule has 1 unspecified atom stereocenters. The van der Waals surface area contributed by atoms with Gasteiger partial charge < -0.3 is 19.5 Å². The molecule has 0 bridgehead atoms. The summed E-state index contributed by atoms with van der Waals surface area (Å²) >= 11 is 0. The summed E-state index contributed by atoms with van der Waals surface area (Å²) in [5.74, 6) is 0.332. The highest BCUT2D eigenvalue weighted by molar-refractivity contribution is 6.16. The molecule has 1 N–H and O–H groups in total. The molecule has 2 aliphatic rings. The number of Topliss-reactive ketones (excluding diaryl/α,β-unsaturated/α-hetero) is 1. The van der Waals surface area contributed by atoms with Gasteiger partial charge in [0, 0.05) is 55.0 Å². The van der Waals surface area contributed by atoms with Crippen LogP contribution in [0.3, 0.4) is 0 Å². The molecule has 2 aliphatic heterocycles. The van der Waals surface area contributed by atoms with Crippen molar-refractivity contribution in [2.75, 3.05) is 43.4 Å². The summed E-state index contributed by atoms with van der Waals surface area (Å²) in [7, 11) is 2.15. The normalized spacial score (nSPS) is 18.2. The smallest absolute Gasteiger partial charge is 0.317 e. The van der Waals surface area contributed by atoms with Crippen LogP contribution in [0.2, 0.25) is 0 Å². The number of nitrogens with one attached hydrogen (secondary N) is 1. The lowest BCUT2D eigenvalue weighted by Crippen LogP contribution is -2.44. The number of nitrogens with zero attached hydrogens (tertiary/aromatic N) is 5. The van der Waals surface area contributed by atoms with Gasteiger partial charge in [-0.25, -0.2) is 0 Å². The number of carbonyl (C=O) groups excluding carboxylic acids is 1. The maximum atomic E-state index is 13.2. The minimum atomic E-state index is -0.837. The molecule has 0 spiro atoms. The third kappa shape index (κ3) is 4.88. The van der Waals surface area contributed by atoms with Gasteiger partial charge in [0.25, 0.3) is 0 Å². The molecule has 4 aromatic rings. The Balaban J connectivity index is 1.23. The van der Waals surface area contributed by atoms with Gasteiger partial charge in [0.1, 0.15) is 0 Å². The number of rotatable bonds is 5. The van der Waals surface area contributed by atoms with Crippen LogP contribution in [-0.2, 0) is 11.2 Å². The summed E-state index contributed by atoms with van der Waals surface area (Å²) in [4.78, 5) is 22.7. The number of anilines is 2. The van der Waals surface area contributed by atoms with Crippen LogP contribution in [0.1, 0.15) is 16.7 Å². The van der Waals surface area contributed by atoms with Crippen LogP contribution < -0.4 is 10.2 Å². The van der Waals surface area contributed by atoms with E-state index in [9.17, 15) is 4.79 Å². The van der Waals surface area contributed by atoms with Crippen molar-refractivity contribution in [2.45, 2.75) is 12.6 Å². The lowest BCUT2D eigenvalue weighted by molar-refractivity contribution is -0.119. The average molecular weight is 493 g/mol. The van der Waals surface area contributed by atoms with Crippen LogP contribution in [0.5, 0.6) is 0 Å². The molecule has 37 heavy (non-hydrogen) atoms. The van der Waals surface area contributed by atoms with Gasteiger partial charge >= 0.3 is 6.01 Å². The Labute approximate surface area is 215 Å². The van der Waals surface area contributed by atoms with E-state index in [1.54, 1.807) is 0 Å². The molecule has 186 valence electrons. The van der Waals surface area contributed by atoms with Crippen LogP contribution >= 0.6 is 0 Å². The summed E-state index contributed by atoms with van der Waals surface area (Å²) in [6.45, 7) is 4.13. The Bertz CT molecular complexity index is 1420. The maximum absolute atomic E-state index is 13.2. The molecule has 3 heterocycles. The predicted molar refractivity (Wildman–Crippen MR) is 144 cm³/mol. The molecular weight excluding hydrogens is 464 g/mol. The SMILES string of the molecule is CN1CCN(c2ccc(-c3nnc(NC4N=C(c5ccccc5)c5ccccc5CC4=O)o3)cc2)CC1. The van der Waals surface area contributed by atoms with Gasteiger partial charge in [0.15, 0.2) is 11.9 Å². The van der Waals surface area contributed by atoms with E-state index >= 15 is 0 Å². The van der Waals surface area contributed by atoms with Gasteiger partial charge in [0.2, 0.25) is 5.89 Å². The predicted octanol–water partition coefficient (Wildman–Crippen LogP) is 3.89. The third-order valence-electron chi connectivity index (χ3n) is 6.92. The lowest BCUT2D eigenvalue weighted by Gasteiger charge is -2.34. The van der Waals surface area contributed by atoms with Crippen molar-refractivity contribution >= 4 is 23.2 Å². The van der Waals surface area contributed by atoms with Crippen LogP contribution in [0.15, 0.2) is 88.3 Å². The number of hydrogen-bond acceptors (Lipinski definition) is 8. The van der Waals surface area contributed by atoms with Crippen molar-refractivity contribution in [3.05, 3.63) is 95.6 Å². The highest BCUT2D eigenvalue weighted by Crippen LogP contribution is 2.26. The number of piperazine rings is 1. The Morgan fingerprint density at radius 2 is 1.57 bits per heavy atom. The van der Waals surface area contributed by atoms with E-state index in [1.165, 1.54) is 5.69 Å².